The van der Waals surface area contributed by atoms with Crippen LogP contribution in [0.4, 0.5) is 5.13 Å². The number of benzene rings is 2. The van der Waals surface area contributed by atoms with Crippen molar-refractivity contribution in [1.82, 2.24) is 9.88 Å². The Labute approximate surface area is 186 Å². The summed E-state index contributed by atoms with van der Waals surface area (Å²) in [5.74, 6) is 1.25. The van der Waals surface area contributed by atoms with Gasteiger partial charge < -0.3 is 14.4 Å². The summed E-state index contributed by atoms with van der Waals surface area (Å²) < 4.78 is 12.1. The van der Waals surface area contributed by atoms with Gasteiger partial charge in [0.15, 0.2) is 11.7 Å². The van der Waals surface area contributed by atoms with Crippen LogP contribution in [0.2, 0.25) is 5.02 Å². The molecule has 0 atom stereocenters. The fraction of sp³-hybridized carbons (Fsp3) is 0.364. The van der Waals surface area contributed by atoms with Crippen LogP contribution in [0.25, 0.3) is 10.2 Å². The molecule has 1 heterocycles. The first-order valence-electron chi connectivity index (χ1n) is 9.83. The summed E-state index contributed by atoms with van der Waals surface area (Å²) in [7, 11) is 4.03. The van der Waals surface area contributed by atoms with Crippen molar-refractivity contribution < 1.29 is 14.3 Å². The summed E-state index contributed by atoms with van der Waals surface area (Å²) in [4.78, 5) is 21.4. The second-order valence-corrected chi connectivity index (χ2v) is 8.39. The van der Waals surface area contributed by atoms with E-state index in [-0.39, 0.29) is 12.5 Å². The molecule has 30 heavy (non-hydrogen) atoms. The fourth-order valence-electron chi connectivity index (χ4n) is 2.91. The van der Waals surface area contributed by atoms with Crippen molar-refractivity contribution in [1.29, 1.82) is 0 Å². The van der Waals surface area contributed by atoms with E-state index in [2.05, 4.69) is 9.88 Å². The number of hydrogen-bond donors (Lipinski definition) is 0. The van der Waals surface area contributed by atoms with E-state index >= 15 is 0 Å². The normalized spacial score (nSPS) is 11.1. The first-order chi connectivity index (χ1) is 14.5. The molecule has 0 saturated heterocycles. The molecule has 3 aromatic rings. The van der Waals surface area contributed by atoms with E-state index in [4.69, 9.17) is 21.1 Å². The number of halogens is 1. The van der Waals surface area contributed by atoms with Crippen LogP contribution < -0.4 is 14.4 Å². The predicted molar refractivity (Wildman–Crippen MR) is 123 cm³/mol. The Bertz CT molecular complexity index is 975. The highest BCUT2D eigenvalue weighted by atomic mass is 35.5. The number of rotatable bonds is 10. The molecule has 0 bridgehead atoms. The average Bonchev–Trinajstić information content (AvgIpc) is 3.16. The van der Waals surface area contributed by atoms with Crippen molar-refractivity contribution >= 4 is 44.2 Å². The van der Waals surface area contributed by atoms with Gasteiger partial charge in [-0.1, -0.05) is 29.0 Å². The largest absolute Gasteiger partial charge is 0.494 e. The maximum Gasteiger partial charge on any atom is 0.266 e. The summed E-state index contributed by atoms with van der Waals surface area (Å²) in [5, 5.41) is 1.22. The number of ether oxygens (including phenoxy) is 2. The van der Waals surface area contributed by atoms with E-state index in [9.17, 15) is 4.79 Å². The summed E-state index contributed by atoms with van der Waals surface area (Å²) in [6, 6.07) is 12.9. The molecule has 6 nitrogen and oxygen atoms in total. The molecule has 0 unspecified atom stereocenters. The minimum absolute atomic E-state index is 0.0698. The summed E-state index contributed by atoms with van der Waals surface area (Å²) >= 11 is 7.74. The third-order valence-electron chi connectivity index (χ3n) is 4.37. The molecular formula is C22H26ClN3O3S. The Kier molecular flexibility index (Phi) is 7.90. The van der Waals surface area contributed by atoms with Gasteiger partial charge in [0.2, 0.25) is 0 Å². The SMILES string of the molecule is CCOc1ccc(OCC(=O)N(CCCN(C)C)c2nc3c(Cl)cccc3s2)cc1. The zero-order valence-corrected chi connectivity index (χ0v) is 19.0. The molecule has 8 heteroatoms. The molecule has 160 valence electrons. The lowest BCUT2D eigenvalue weighted by Gasteiger charge is -2.21. The number of nitrogens with zero attached hydrogens (tertiary/aromatic N) is 3. The number of aromatic nitrogens is 1. The van der Waals surface area contributed by atoms with Gasteiger partial charge in [-0.15, -0.1) is 0 Å². The number of para-hydroxylation sites is 1. The monoisotopic (exact) mass is 447 g/mol. The third kappa shape index (κ3) is 5.84. The van der Waals surface area contributed by atoms with Gasteiger partial charge >= 0.3 is 0 Å². The average molecular weight is 448 g/mol. The van der Waals surface area contributed by atoms with Crippen molar-refractivity contribution in [3.8, 4) is 11.5 Å². The maximum atomic E-state index is 13.0. The quantitative estimate of drug-likeness (QED) is 0.450. The Morgan fingerprint density at radius 3 is 2.40 bits per heavy atom. The van der Waals surface area contributed by atoms with Crippen LogP contribution >= 0.6 is 22.9 Å². The lowest BCUT2D eigenvalue weighted by atomic mass is 10.3. The van der Waals surface area contributed by atoms with E-state index in [1.165, 1.54) is 11.3 Å². The van der Waals surface area contributed by atoms with Crippen LogP contribution in [-0.2, 0) is 4.79 Å². The smallest absolute Gasteiger partial charge is 0.266 e. The van der Waals surface area contributed by atoms with Crippen LogP contribution in [0.15, 0.2) is 42.5 Å². The topological polar surface area (TPSA) is 54.9 Å². The molecule has 0 N–H and O–H groups in total. The first-order valence-corrected chi connectivity index (χ1v) is 11.0. The number of anilines is 1. The molecule has 0 radical (unpaired) electrons. The number of amides is 1. The van der Waals surface area contributed by atoms with Gasteiger partial charge in [-0.3, -0.25) is 9.69 Å². The summed E-state index contributed by atoms with van der Waals surface area (Å²) in [5.41, 5.74) is 0.719. The summed E-state index contributed by atoms with van der Waals surface area (Å²) in [6.45, 7) is 3.89. The van der Waals surface area contributed by atoms with Gasteiger partial charge in [-0.25, -0.2) is 4.98 Å². The molecule has 0 aliphatic rings. The van der Waals surface area contributed by atoms with Crippen LogP contribution in [0.1, 0.15) is 13.3 Å². The number of fused-ring (bicyclic) bond motifs is 1. The maximum absolute atomic E-state index is 13.0. The number of carbonyl (C=O) groups excluding carboxylic acids is 1. The molecule has 0 spiro atoms. The summed E-state index contributed by atoms with van der Waals surface area (Å²) in [6.07, 6.45) is 0.825. The molecule has 1 amide bonds. The van der Waals surface area contributed by atoms with Gasteiger partial charge in [0.1, 0.15) is 17.0 Å². The fourth-order valence-corrected chi connectivity index (χ4v) is 4.22. The van der Waals surface area contributed by atoms with Crippen LogP contribution in [-0.4, -0.2) is 56.2 Å². The minimum Gasteiger partial charge on any atom is -0.494 e. The lowest BCUT2D eigenvalue weighted by molar-refractivity contribution is -0.120. The predicted octanol–water partition coefficient (Wildman–Crippen LogP) is 4.71. The van der Waals surface area contributed by atoms with Crippen molar-refractivity contribution in [3.63, 3.8) is 0 Å². The van der Waals surface area contributed by atoms with Gasteiger partial charge in [-0.2, -0.15) is 0 Å². The standard InChI is InChI=1S/C22H26ClN3O3S/c1-4-28-16-9-11-17(12-10-16)29-15-20(27)26(14-6-13-25(2)3)22-24-21-18(23)7-5-8-19(21)30-22/h5,7-12H,4,6,13-15H2,1-3H3. The van der Waals surface area contributed by atoms with Crippen LogP contribution in [0.3, 0.4) is 0 Å². The Balaban J connectivity index is 1.73. The molecule has 3 rings (SSSR count). The highest BCUT2D eigenvalue weighted by Gasteiger charge is 2.21. The molecule has 0 saturated carbocycles. The molecule has 1 aromatic heterocycles. The van der Waals surface area contributed by atoms with Crippen molar-refractivity contribution in [3.05, 3.63) is 47.5 Å². The Morgan fingerprint density at radius 2 is 1.77 bits per heavy atom. The van der Waals surface area contributed by atoms with E-state index in [0.717, 1.165) is 28.9 Å². The van der Waals surface area contributed by atoms with Crippen LogP contribution in [0.5, 0.6) is 11.5 Å². The lowest BCUT2D eigenvalue weighted by Crippen LogP contribution is -2.36. The molecule has 0 aliphatic heterocycles. The van der Waals surface area contributed by atoms with Gasteiger partial charge in [-0.05, 0) is 70.4 Å². The van der Waals surface area contributed by atoms with E-state index < -0.39 is 0 Å². The zero-order valence-electron chi connectivity index (χ0n) is 17.4. The molecule has 0 aliphatic carbocycles. The molecule has 0 fully saturated rings. The van der Waals surface area contributed by atoms with E-state index in [1.807, 2.05) is 45.3 Å². The highest BCUT2D eigenvalue weighted by Crippen LogP contribution is 2.33. The van der Waals surface area contributed by atoms with Crippen molar-refractivity contribution in [2.75, 3.05) is 45.3 Å². The van der Waals surface area contributed by atoms with Crippen molar-refractivity contribution in [2.45, 2.75) is 13.3 Å². The highest BCUT2D eigenvalue weighted by molar-refractivity contribution is 7.22. The Morgan fingerprint density at radius 1 is 1.07 bits per heavy atom. The van der Waals surface area contributed by atoms with E-state index in [1.54, 1.807) is 23.1 Å². The Hall–Kier alpha value is -2.35. The second kappa shape index (κ2) is 10.6. The van der Waals surface area contributed by atoms with Gasteiger partial charge in [0.25, 0.3) is 5.91 Å². The van der Waals surface area contributed by atoms with E-state index in [0.29, 0.717) is 29.1 Å². The second-order valence-electron chi connectivity index (χ2n) is 6.98. The van der Waals surface area contributed by atoms with Gasteiger partial charge in [0.05, 0.1) is 16.3 Å². The zero-order chi connectivity index (χ0) is 21.5. The third-order valence-corrected chi connectivity index (χ3v) is 5.72. The van der Waals surface area contributed by atoms with Gasteiger partial charge in [0, 0.05) is 6.54 Å². The minimum atomic E-state index is -0.141. The molecular weight excluding hydrogens is 422 g/mol. The number of thiazole rings is 1. The van der Waals surface area contributed by atoms with Crippen molar-refractivity contribution in [2.24, 2.45) is 0 Å². The number of hydrogen-bond acceptors (Lipinski definition) is 6. The molecule has 2 aromatic carbocycles. The number of carbonyl (C=O) groups is 1. The first kappa shape index (κ1) is 22.3. The van der Waals surface area contributed by atoms with Crippen LogP contribution in [0, 0.1) is 0 Å².